The van der Waals surface area contributed by atoms with Crippen LogP contribution in [0, 0.1) is 6.92 Å². The maximum atomic E-state index is 11.5. The molecule has 1 unspecified atom stereocenters. The van der Waals surface area contributed by atoms with Crippen LogP contribution < -0.4 is 5.32 Å². The average molecular weight is 255 g/mol. The predicted molar refractivity (Wildman–Crippen MR) is 63.3 cm³/mol. The number of ether oxygens (including phenoxy) is 1. The highest BCUT2D eigenvalue weighted by Crippen LogP contribution is 2.14. The average Bonchev–Trinajstić information content (AvgIpc) is 2.68. The van der Waals surface area contributed by atoms with E-state index in [4.69, 9.17) is 14.3 Å². The van der Waals surface area contributed by atoms with Crippen LogP contribution in [0.1, 0.15) is 35.7 Å². The molecule has 100 valence electrons. The molecule has 18 heavy (non-hydrogen) atoms. The van der Waals surface area contributed by atoms with Gasteiger partial charge in [0.05, 0.1) is 6.54 Å². The lowest BCUT2D eigenvalue weighted by Crippen LogP contribution is -2.33. The number of aromatic carboxylic acids is 1. The SMILES string of the molecule is CCOC(C)C(=O)NCc1cc(C(=O)O)c(C)o1. The summed E-state index contributed by atoms with van der Waals surface area (Å²) in [5.41, 5.74) is 0.108. The van der Waals surface area contributed by atoms with E-state index in [0.29, 0.717) is 18.1 Å². The van der Waals surface area contributed by atoms with Crippen LogP contribution in [0.3, 0.4) is 0 Å². The fourth-order valence-corrected chi connectivity index (χ4v) is 1.49. The normalized spacial score (nSPS) is 12.2. The van der Waals surface area contributed by atoms with Gasteiger partial charge >= 0.3 is 5.97 Å². The van der Waals surface area contributed by atoms with E-state index in [-0.39, 0.29) is 18.0 Å². The number of carbonyl (C=O) groups excluding carboxylic acids is 1. The Morgan fingerprint density at radius 1 is 1.56 bits per heavy atom. The van der Waals surface area contributed by atoms with Crippen molar-refractivity contribution in [3.8, 4) is 0 Å². The van der Waals surface area contributed by atoms with Gasteiger partial charge in [-0.3, -0.25) is 4.79 Å². The van der Waals surface area contributed by atoms with Gasteiger partial charge in [-0.15, -0.1) is 0 Å². The second kappa shape index (κ2) is 6.20. The smallest absolute Gasteiger partial charge is 0.339 e. The molecule has 6 nitrogen and oxygen atoms in total. The molecule has 0 spiro atoms. The van der Waals surface area contributed by atoms with E-state index in [1.165, 1.54) is 6.07 Å². The molecule has 0 aliphatic heterocycles. The van der Waals surface area contributed by atoms with E-state index in [9.17, 15) is 9.59 Å². The van der Waals surface area contributed by atoms with Crippen LogP contribution in [0.4, 0.5) is 0 Å². The molecule has 2 N–H and O–H groups in total. The lowest BCUT2D eigenvalue weighted by molar-refractivity contribution is -0.131. The van der Waals surface area contributed by atoms with Crippen LogP contribution in [-0.2, 0) is 16.1 Å². The molecule has 0 saturated heterocycles. The molecule has 0 aliphatic rings. The van der Waals surface area contributed by atoms with Crippen molar-refractivity contribution in [2.75, 3.05) is 6.61 Å². The van der Waals surface area contributed by atoms with Gasteiger partial charge in [0, 0.05) is 6.61 Å². The van der Waals surface area contributed by atoms with E-state index in [1.807, 2.05) is 0 Å². The van der Waals surface area contributed by atoms with Gasteiger partial charge in [0.2, 0.25) is 5.91 Å². The summed E-state index contributed by atoms with van der Waals surface area (Å²) in [6.45, 7) is 5.62. The molecule has 6 heteroatoms. The molecule has 1 aromatic rings. The van der Waals surface area contributed by atoms with Crippen LogP contribution in [-0.4, -0.2) is 29.7 Å². The second-order valence-corrected chi connectivity index (χ2v) is 3.80. The summed E-state index contributed by atoms with van der Waals surface area (Å²) in [5.74, 6) is -0.578. The summed E-state index contributed by atoms with van der Waals surface area (Å²) < 4.78 is 10.4. The highest BCUT2D eigenvalue weighted by atomic mass is 16.5. The largest absolute Gasteiger partial charge is 0.478 e. The predicted octanol–water partition coefficient (Wildman–Crippen LogP) is 1.33. The van der Waals surface area contributed by atoms with Gasteiger partial charge in [-0.2, -0.15) is 0 Å². The van der Waals surface area contributed by atoms with Crippen LogP contribution >= 0.6 is 0 Å². The zero-order chi connectivity index (χ0) is 13.7. The first-order chi connectivity index (χ1) is 8.45. The number of hydrogen-bond donors (Lipinski definition) is 2. The molecule has 1 rings (SSSR count). The third kappa shape index (κ3) is 3.59. The Kier molecular flexibility index (Phi) is 4.91. The van der Waals surface area contributed by atoms with E-state index in [2.05, 4.69) is 5.32 Å². The van der Waals surface area contributed by atoms with Gasteiger partial charge in [-0.05, 0) is 26.8 Å². The van der Waals surface area contributed by atoms with Crippen molar-refractivity contribution < 1.29 is 23.8 Å². The van der Waals surface area contributed by atoms with E-state index in [1.54, 1.807) is 20.8 Å². The lowest BCUT2D eigenvalue weighted by Gasteiger charge is -2.10. The van der Waals surface area contributed by atoms with Crippen molar-refractivity contribution in [2.24, 2.45) is 0 Å². The first kappa shape index (κ1) is 14.2. The molecule has 1 amide bonds. The molecule has 0 aliphatic carbocycles. The summed E-state index contributed by atoms with van der Waals surface area (Å²) in [5, 5.41) is 11.5. The van der Waals surface area contributed by atoms with Crippen molar-refractivity contribution in [3.05, 3.63) is 23.2 Å². The summed E-state index contributed by atoms with van der Waals surface area (Å²) in [4.78, 5) is 22.3. The summed E-state index contributed by atoms with van der Waals surface area (Å²) in [7, 11) is 0. The standard InChI is InChI=1S/C12H17NO5/c1-4-17-8(3)11(14)13-6-9-5-10(12(15)16)7(2)18-9/h5,8H,4,6H2,1-3H3,(H,13,14)(H,15,16). The maximum absolute atomic E-state index is 11.5. The minimum absolute atomic E-state index is 0.108. The molecular formula is C12H17NO5. The van der Waals surface area contributed by atoms with E-state index < -0.39 is 12.1 Å². The maximum Gasteiger partial charge on any atom is 0.339 e. The second-order valence-electron chi connectivity index (χ2n) is 3.80. The quantitative estimate of drug-likeness (QED) is 0.800. The highest BCUT2D eigenvalue weighted by Gasteiger charge is 2.16. The molecule has 1 heterocycles. The number of aryl methyl sites for hydroxylation is 1. The zero-order valence-corrected chi connectivity index (χ0v) is 10.6. The van der Waals surface area contributed by atoms with E-state index >= 15 is 0 Å². The number of amides is 1. The molecule has 0 fully saturated rings. The van der Waals surface area contributed by atoms with Gasteiger partial charge < -0.3 is 19.6 Å². The number of hydrogen-bond acceptors (Lipinski definition) is 4. The fraction of sp³-hybridized carbons (Fsp3) is 0.500. The van der Waals surface area contributed by atoms with Crippen molar-refractivity contribution in [3.63, 3.8) is 0 Å². The van der Waals surface area contributed by atoms with Gasteiger partial charge in [0.1, 0.15) is 23.2 Å². The Bertz CT molecular complexity index is 438. The van der Waals surface area contributed by atoms with Gasteiger partial charge in [0.25, 0.3) is 0 Å². The topological polar surface area (TPSA) is 88.8 Å². The van der Waals surface area contributed by atoms with E-state index in [0.717, 1.165) is 0 Å². The summed E-state index contributed by atoms with van der Waals surface area (Å²) >= 11 is 0. The molecular weight excluding hydrogens is 238 g/mol. The van der Waals surface area contributed by atoms with Crippen LogP contribution in [0.5, 0.6) is 0 Å². The number of furan rings is 1. The first-order valence-electron chi connectivity index (χ1n) is 5.67. The number of rotatable bonds is 6. The number of carboxylic acid groups (broad SMARTS) is 1. The fourth-order valence-electron chi connectivity index (χ4n) is 1.49. The Balaban J connectivity index is 2.56. The van der Waals surface area contributed by atoms with Crippen molar-refractivity contribution in [2.45, 2.75) is 33.4 Å². The number of carboxylic acids is 1. The van der Waals surface area contributed by atoms with Crippen LogP contribution in [0.25, 0.3) is 0 Å². The Morgan fingerprint density at radius 3 is 2.72 bits per heavy atom. The van der Waals surface area contributed by atoms with Crippen molar-refractivity contribution in [1.29, 1.82) is 0 Å². The monoisotopic (exact) mass is 255 g/mol. The minimum atomic E-state index is -1.04. The Labute approximate surface area is 105 Å². The van der Waals surface area contributed by atoms with Crippen molar-refractivity contribution >= 4 is 11.9 Å². The molecule has 0 radical (unpaired) electrons. The van der Waals surface area contributed by atoms with Crippen molar-refractivity contribution in [1.82, 2.24) is 5.32 Å². The molecule has 0 bridgehead atoms. The Morgan fingerprint density at radius 2 is 2.22 bits per heavy atom. The molecule has 1 aromatic heterocycles. The zero-order valence-electron chi connectivity index (χ0n) is 10.6. The third-order valence-electron chi connectivity index (χ3n) is 2.42. The minimum Gasteiger partial charge on any atom is -0.478 e. The Hall–Kier alpha value is -1.82. The van der Waals surface area contributed by atoms with Crippen LogP contribution in [0.2, 0.25) is 0 Å². The molecule has 0 aromatic carbocycles. The lowest BCUT2D eigenvalue weighted by atomic mass is 10.2. The van der Waals surface area contributed by atoms with Gasteiger partial charge in [-0.1, -0.05) is 0 Å². The number of nitrogens with one attached hydrogen (secondary N) is 1. The summed E-state index contributed by atoms with van der Waals surface area (Å²) in [6, 6.07) is 1.41. The molecule has 1 atom stereocenters. The summed E-state index contributed by atoms with van der Waals surface area (Å²) in [6.07, 6.45) is -0.537. The van der Waals surface area contributed by atoms with Gasteiger partial charge in [-0.25, -0.2) is 4.79 Å². The first-order valence-corrected chi connectivity index (χ1v) is 5.67. The highest BCUT2D eigenvalue weighted by molar-refractivity contribution is 5.88. The van der Waals surface area contributed by atoms with Crippen LogP contribution in [0.15, 0.2) is 10.5 Å². The molecule has 0 saturated carbocycles. The third-order valence-corrected chi connectivity index (χ3v) is 2.42. The van der Waals surface area contributed by atoms with Gasteiger partial charge in [0.15, 0.2) is 0 Å². The number of carbonyl (C=O) groups is 2.